The highest BCUT2D eigenvalue weighted by atomic mass is 19.4. The molecule has 0 N–H and O–H groups in total. The number of rotatable bonds is 4. The first kappa shape index (κ1) is 19.9. The van der Waals surface area contributed by atoms with Crippen LogP contribution in [0.5, 0.6) is 0 Å². The number of benzene rings is 1. The summed E-state index contributed by atoms with van der Waals surface area (Å²) in [5.41, 5.74) is -0.0356. The van der Waals surface area contributed by atoms with Gasteiger partial charge in [0, 0.05) is 32.2 Å². The number of carbonyl (C=O) groups excluding carboxylic acids is 1. The topological polar surface area (TPSA) is 23.6 Å². The summed E-state index contributed by atoms with van der Waals surface area (Å²) < 4.78 is 38.2. The van der Waals surface area contributed by atoms with Gasteiger partial charge in [0.05, 0.1) is 12.0 Å². The van der Waals surface area contributed by atoms with Crippen molar-refractivity contribution in [2.45, 2.75) is 45.3 Å². The molecule has 2 aliphatic rings. The molecule has 0 radical (unpaired) electrons. The zero-order valence-corrected chi connectivity index (χ0v) is 15.9. The number of amides is 1. The third kappa shape index (κ3) is 4.72. The highest BCUT2D eigenvalue weighted by molar-refractivity contribution is 5.79. The molecule has 0 aromatic heterocycles. The molecule has 0 spiro atoms. The van der Waals surface area contributed by atoms with Crippen LogP contribution in [0.1, 0.15) is 37.8 Å². The lowest BCUT2D eigenvalue weighted by atomic mass is 9.76. The van der Waals surface area contributed by atoms with Gasteiger partial charge in [0.25, 0.3) is 0 Å². The van der Waals surface area contributed by atoms with Crippen molar-refractivity contribution in [3.05, 3.63) is 47.5 Å². The van der Waals surface area contributed by atoms with Crippen LogP contribution in [-0.4, -0.2) is 47.9 Å². The van der Waals surface area contributed by atoms with Crippen LogP contribution in [0, 0.1) is 5.41 Å². The van der Waals surface area contributed by atoms with Crippen molar-refractivity contribution in [3.63, 3.8) is 0 Å². The highest BCUT2D eigenvalue weighted by Crippen LogP contribution is 2.36. The minimum atomic E-state index is -4.35. The maximum Gasteiger partial charge on any atom is 0.416 e. The van der Waals surface area contributed by atoms with Crippen LogP contribution >= 0.6 is 0 Å². The molecule has 1 fully saturated rings. The quantitative estimate of drug-likeness (QED) is 0.733. The van der Waals surface area contributed by atoms with Gasteiger partial charge in [-0.3, -0.25) is 9.69 Å². The highest BCUT2D eigenvalue weighted by Gasteiger charge is 2.40. The van der Waals surface area contributed by atoms with E-state index in [1.165, 1.54) is 12.1 Å². The molecule has 0 bridgehead atoms. The zero-order chi connectivity index (χ0) is 19.7. The van der Waals surface area contributed by atoms with Gasteiger partial charge in [0.15, 0.2) is 0 Å². The van der Waals surface area contributed by atoms with Crippen molar-refractivity contribution >= 4 is 5.91 Å². The summed E-state index contributed by atoms with van der Waals surface area (Å²) in [6.07, 6.45) is 2.11. The van der Waals surface area contributed by atoms with Crippen molar-refractivity contribution in [2.75, 3.05) is 26.2 Å². The predicted octanol–water partition coefficient (Wildman–Crippen LogP) is 4.14. The zero-order valence-electron chi connectivity index (χ0n) is 15.9. The molecular formula is C21H27F3N2O. The molecule has 3 rings (SSSR count). The Morgan fingerprint density at radius 1 is 1.15 bits per heavy atom. The van der Waals surface area contributed by atoms with Gasteiger partial charge >= 0.3 is 6.18 Å². The summed E-state index contributed by atoms with van der Waals surface area (Å²) in [6.45, 7) is 7.78. The van der Waals surface area contributed by atoms with E-state index in [1.807, 2.05) is 4.90 Å². The SMILES string of the molecule is CC1(C)CCCN(C(=O)Cc2ccc(C(F)(F)F)cc2)C1CN1CC=CC1. The van der Waals surface area contributed by atoms with Gasteiger partial charge in [-0.15, -0.1) is 0 Å². The minimum Gasteiger partial charge on any atom is -0.338 e. The Balaban J connectivity index is 1.70. The Morgan fingerprint density at radius 2 is 1.78 bits per heavy atom. The number of hydrogen-bond acceptors (Lipinski definition) is 2. The van der Waals surface area contributed by atoms with Crippen molar-refractivity contribution in [1.29, 1.82) is 0 Å². The maximum atomic E-state index is 13.0. The second-order valence-electron chi connectivity index (χ2n) is 8.26. The summed E-state index contributed by atoms with van der Waals surface area (Å²) in [5, 5.41) is 0. The van der Waals surface area contributed by atoms with E-state index >= 15 is 0 Å². The first-order chi connectivity index (χ1) is 12.7. The summed E-state index contributed by atoms with van der Waals surface area (Å²) in [4.78, 5) is 17.3. The fourth-order valence-corrected chi connectivity index (χ4v) is 4.10. The third-order valence-corrected chi connectivity index (χ3v) is 5.78. The number of carbonyl (C=O) groups is 1. The van der Waals surface area contributed by atoms with Crippen molar-refractivity contribution in [1.82, 2.24) is 9.80 Å². The fourth-order valence-electron chi connectivity index (χ4n) is 4.10. The lowest BCUT2D eigenvalue weighted by Crippen LogP contribution is -2.57. The van der Waals surface area contributed by atoms with E-state index in [1.54, 1.807) is 0 Å². The van der Waals surface area contributed by atoms with Crippen LogP contribution in [0.4, 0.5) is 13.2 Å². The summed E-state index contributed by atoms with van der Waals surface area (Å²) in [7, 11) is 0. The number of likely N-dealkylation sites (tertiary alicyclic amines) is 1. The Morgan fingerprint density at radius 3 is 2.37 bits per heavy atom. The lowest BCUT2D eigenvalue weighted by Gasteiger charge is -2.48. The lowest BCUT2D eigenvalue weighted by molar-refractivity contribution is -0.139. The number of alkyl halides is 3. The number of piperidine rings is 1. The van der Waals surface area contributed by atoms with Crippen LogP contribution < -0.4 is 0 Å². The molecule has 6 heteroatoms. The molecule has 1 amide bonds. The van der Waals surface area contributed by atoms with E-state index in [9.17, 15) is 18.0 Å². The molecule has 0 aliphatic carbocycles. The molecular weight excluding hydrogens is 353 g/mol. The van der Waals surface area contributed by atoms with Gasteiger partial charge in [0.2, 0.25) is 5.91 Å². The smallest absolute Gasteiger partial charge is 0.338 e. The monoisotopic (exact) mass is 380 g/mol. The average molecular weight is 380 g/mol. The predicted molar refractivity (Wildman–Crippen MR) is 99.2 cm³/mol. The molecule has 0 saturated carbocycles. The fraction of sp³-hybridized carbons (Fsp3) is 0.571. The molecule has 2 aliphatic heterocycles. The van der Waals surface area contributed by atoms with E-state index in [0.29, 0.717) is 5.56 Å². The van der Waals surface area contributed by atoms with Crippen LogP contribution in [0.15, 0.2) is 36.4 Å². The summed E-state index contributed by atoms with van der Waals surface area (Å²) in [6, 6.07) is 5.05. The van der Waals surface area contributed by atoms with Crippen molar-refractivity contribution in [2.24, 2.45) is 5.41 Å². The number of nitrogens with zero attached hydrogens (tertiary/aromatic N) is 2. The van der Waals surface area contributed by atoms with E-state index in [0.717, 1.165) is 51.2 Å². The molecule has 148 valence electrons. The Bertz CT molecular complexity index is 686. The molecule has 1 aromatic rings. The standard InChI is InChI=1S/C21H27F3N2O/c1-20(2)10-5-13-26(18(20)15-25-11-3-4-12-25)19(27)14-16-6-8-17(9-7-16)21(22,23)24/h3-4,6-9,18H,5,10-15H2,1-2H3. The third-order valence-electron chi connectivity index (χ3n) is 5.78. The Hall–Kier alpha value is -1.82. The molecule has 1 unspecified atom stereocenters. The molecule has 2 heterocycles. The summed E-state index contributed by atoms with van der Waals surface area (Å²) in [5.74, 6) is -0.000287. The number of hydrogen-bond donors (Lipinski definition) is 0. The van der Waals surface area contributed by atoms with Gasteiger partial charge < -0.3 is 4.90 Å². The minimum absolute atomic E-state index is 0.000287. The second-order valence-corrected chi connectivity index (χ2v) is 8.26. The van der Waals surface area contributed by atoms with E-state index < -0.39 is 11.7 Å². The molecule has 1 atom stereocenters. The molecule has 27 heavy (non-hydrogen) atoms. The maximum absolute atomic E-state index is 13.0. The molecule has 1 saturated heterocycles. The van der Waals surface area contributed by atoms with E-state index in [2.05, 4.69) is 30.9 Å². The van der Waals surface area contributed by atoms with Crippen LogP contribution in [0.3, 0.4) is 0 Å². The average Bonchev–Trinajstić information content (AvgIpc) is 3.09. The summed E-state index contributed by atoms with van der Waals surface area (Å²) >= 11 is 0. The normalized spacial score (nSPS) is 23.0. The first-order valence-corrected chi connectivity index (χ1v) is 9.50. The van der Waals surface area contributed by atoms with Gasteiger partial charge in [-0.25, -0.2) is 0 Å². The van der Waals surface area contributed by atoms with Gasteiger partial charge in [-0.05, 0) is 36.0 Å². The molecule has 1 aromatic carbocycles. The van der Waals surface area contributed by atoms with Gasteiger partial charge in [0.1, 0.15) is 0 Å². The van der Waals surface area contributed by atoms with E-state index in [4.69, 9.17) is 0 Å². The first-order valence-electron chi connectivity index (χ1n) is 9.50. The van der Waals surface area contributed by atoms with Gasteiger partial charge in [-0.2, -0.15) is 13.2 Å². The van der Waals surface area contributed by atoms with Crippen LogP contribution in [0.2, 0.25) is 0 Å². The Kier molecular flexibility index (Phi) is 5.65. The number of halogens is 3. The van der Waals surface area contributed by atoms with Crippen LogP contribution in [-0.2, 0) is 17.4 Å². The molecule has 3 nitrogen and oxygen atoms in total. The van der Waals surface area contributed by atoms with Crippen LogP contribution in [0.25, 0.3) is 0 Å². The second kappa shape index (κ2) is 7.66. The largest absolute Gasteiger partial charge is 0.416 e. The van der Waals surface area contributed by atoms with Crippen molar-refractivity contribution in [3.8, 4) is 0 Å². The van der Waals surface area contributed by atoms with Gasteiger partial charge in [-0.1, -0.05) is 38.1 Å². The van der Waals surface area contributed by atoms with Crippen molar-refractivity contribution < 1.29 is 18.0 Å². The Labute approximate surface area is 158 Å². The van der Waals surface area contributed by atoms with E-state index in [-0.39, 0.29) is 23.8 Å².